The van der Waals surface area contributed by atoms with E-state index in [0.29, 0.717) is 0 Å². The molecule has 0 fully saturated rings. The van der Waals surface area contributed by atoms with Crippen LogP contribution in [0.25, 0.3) is 10.8 Å². The Labute approximate surface area is 127 Å². The molecule has 0 bridgehead atoms. The Morgan fingerprint density at radius 3 is 2.52 bits per heavy atom. The molecule has 0 aliphatic heterocycles. The van der Waals surface area contributed by atoms with Gasteiger partial charge < -0.3 is 5.11 Å². The smallest absolute Gasteiger partial charge is 0.322 e. The van der Waals surface area contributed by atoms with E-state index in [1.807, 2.05) is 24.3 Å². The maximum absolute atomic E-state index is 12.3. The van der Waals surface area contributed by atoms with Gasteiger partial charge in [0.25, 0.3) is 0 Å². The lowest BCUT2D eigenvalue weighted by Crippen LogP contribution is -2.42. The Bertz CT molecular complexity index is 758. The van der Waals surface area contributed by atoms with Crippen molar-refractivity contribution in [3.8, 4) is 0 Å². The monoisotopic (exact) mass is 325 g/mol. The van der Waals surface area contributed by atoms with Crippen molar-refractivity contribution in [2.45, 2.75) is 10.9 Å². The quantitative estimate of drug-likeness (QED) is 0.848. The van der Waals surface area contributed by atoms with Gasteiger partial charge >= 0.3 is 5.97 Å². The summed E-state index contributed by atoms with van der Waals surface area (Å²) in [4.78, 5) is 11.1. The summed E-state index contributed by atoms with van der Waals surface area (Å²) in [6, 6.07) is 11.0. The molecule has 2 aromatic rings. The first-order valence-electron chi connectivity index (χ1n) is 6.17. The van der Waals surface area contributed by atoms with Gasteiger partial charge in [0.1, 0.15) is 6.04 Å². The highest BCUT2D eigenvalue weighted by atomic mass is 32.2. The van der Waals surface area contributed by atoms with Gasteiger partial charge in [0.2, 0.25) is 10.0 Å². The van der Waals surface area contributed by atoms with Crippen LogP contribution in [0, 0.1) is 0 Å². The Morgan fingerprint density at radius 1 is 1.24 bits per heavy atom. The molecule has 0 spiro atoms. The van der Waals surface area contributed by atoms with Crippen LogP contribution < -0.4 is 4.72 Å². The Kier molecular flexibility index (Phi) is 4.87. The van der Waals surface area contributed by atoms with E-state index in [2.05, 4.69) is 4.72 Å². The molecule has 0 amide bonds. The number of fused-ring (bicyclic) bond motifs is 1. The summed E-state index contributed by atoms with van der Waals surface area (Å²) in [5.74, 6) is -1.02. The number of thioether (sulfide) groups is 1. The first kappa shape index (κ1) is 15.8. The number of carboxylic acids is 1. The molecule has 1 atom stereocenters. The number of carbonyl (C=O) groups is 1. The second kappa shape index (κ2) is 6.46. The van der Waals surface area contributed by atoms with Crippen molar-refractivity contribution < 1.29 is 18.3 Å². The fraction of sp³-hybridized carbons (Fsp3) is 0.214. The molecular formula is C14H15NO4S2. The van der Waals surface area contributed by atoms with E-state index in [4.69, 9.17) is 5.11 Å². The van der Waals surface area contributed by atoms with Crippen LogP contribution in [0.2, 0.25) is 0 Å². The number of hydrogen-bond donors (Lipinski definition) is 2. The first-order valence-corrected chi connectivity index (χ1v) is 9.04. The lowest BCUT2D eigenvalue weighted by atomic mass is 10.1. The first-order chi connectivity index (χ1) is 9.94. The molecule has 0 unspecified atom stereocenters. The number of aliphatic carboxylic acids is 1. The fourth-order valence-corrected chi connectivity index (χ4v) is 3.80. The van der Waals surface area contributed by atoms with Crippen LogP contribution in [0.3, 0.4) is 0 Å². The van der Waals surface area contributed by atoms with Crippen molar-refractivity contribution in [3.63, 3.8) is 0 Å². The summed E-state index contributed by atoms with van der Waals surface area (Å²) < 4.78 is 26.8. The van der Waals surface area contributed by atoms with E-state index in [1.165, 1.54) is 23.9 Å². The Hall–Kier alpha value is -1.57. The van der Waals surface area contributed by atoms with Crippen LogP contribution >= 0.6 is 11.8 Å². The third-order valence-electron chi connectivity index (χ3n) is 2.96. The predicted octanol–water partition coefficient (Wildman–Crippen LogP) is 1.93. The molecule has 0 saturated carbocycles. The number of hydrogen-bond acceptors (Lipinski definition) is 4. The second-order valence-corrected chi connectivity index (χ2v) is 7.10. The van der Waals surface area contributed by atoms with Crippen molar-refractivity contribution in [3.05, 3.63) is 42.5 Å². The van der Waals surface area contributed by atoms with Gasteiger partial charge in [-0.2, -0.15) is 16.5 Å². The largest absolute Gasteiger partial charge is 0.480 e. The molecule has 0 aliphatic rings. The van der Waals surface area contributed by atoms with Gasteiger partial charge in [-0.15, -0.1) is 0 Å². The average Bonchev–Trinajstić information content (AvgIpc) is 2.46. The van der Waals surface area contributed by atoms with Gasteiger partial charge in [-0.1, -0.05) is 30.3 Å². The van der Waals surface area contributed by atoms with Crippen molar-refractivity contribution in [2.24, 2.45) is 0 Å². The highest BCUT2D eigenvalue weighted by Crippen LogP contribution is 2.19. The molecule has 0 radical (unpaired) electrons. The number of nitrogens with one attached hydrogen (secondary N) is 1. The maximum atomic E-state index is 12.3. The summed E-state index contributed by atoms with van der Waals surface area (Å²) in [6.45, 7) is 0. The van der Waals surface area contributed by atoms with Crippen LogP contribution in [0.4, 0.5) is 0 Å². The van der Waals surface area contributed by atoms with Crippen molar-refractivity contribution in [1.29, 1.82) is 0 Å². The van der Waals surface area contributed by atoms with Crippen LogP contribution in [0.1, 0.15) is 0 Å². The molecule has 0 aliphatic carbocycles. The lowest BCUT2D eigenvalue weighted by Gasteiger charge is -2.14. The standard InChI is InChI=1S/C14H15NO4S2/c1-20-9-13(14(16)17)15-21(18,19)12-7-6-10-4-2-3-5-11(10)8-12/h2-8,13,15H,9H2,1H3,(H,16,17)/t13-/m0/s1. The van der Waals surface area contributed by atoms with Gasteiger partial charge in [-0.3, -0.25) is 4.79 Å². The van der Waals surface area contributed by atoms with Gasteiger partial charge in [-0.25, -0.2) is 8.42 Å². The van der Waals surface area contributed by atoms with Crippen LogP contribution in [0.15, 0.2) is 47.4 Å². The number of rotatable bonds is 6. The average molecular weight is 325 g/mol. The summed E-state index contributed by atoms with van der Waals surface area (Å²) in [5.41, 5.74) is 0. The topological polar surface area (TPSA) is 83.5 Å². The molecule has 0 saturated heterocycles. The van der Waals surface area contributed by atoms with Gasteiger partial charge in [0, 0.05) is 5.75 Å². The van der Waals surface area contributed by atoms with Gasteiger partial charge in [-0.05, 0) is 29.2 Å². The number of sulfonamides is 1. The molecule has 5 nitrogen and oxygen atoms in total. The minimum atomic E-state index is -3.86. The summed E-state index contributed by atoms with van der Waals surface area (Å²) >= 11 is 1.27. The summed E-state index contributed by atoms with van der Waals surface area (Å²) in [6.07, 6.45) is 1.72. The van der Waals surface area contributed by atoms with E-state index in [0.717, 1.165) is 10.8 Å². The molecule has 21 heavy (non-hydrogen) atoms. The van der Waals surface area contributed by atoms with Crippen LogP contribution in [-0.2, 0) is 14.8 Å². The Balaban J connectivity index is 2.34. The number of carboxylic acid groups (broad SMARTS) is 1. The number of benzene rings is 2. The summed E-state index contributed by atoms with van der Waals surface area (Å²) in [5, 5.41) is 10.8. The van der Waals surface area contributed by atoms with Crippen molar-refractivity contribution in [1.82, 2.24) is 4.72 Å². The molecule has 7 heteroatoms. The Morgan fingerprint density at radius 2 is 1.90 bits per heavy atom. The van der Waals surface area contributed by atoms with Crippen molar-refractivity contribution in [2.75, 3.05) is 12.0 Å². The second-order valence-electron chi connectivity index (χ2n) is 4.48. The molecule has 0 aromatic heterocycles. The molecular weight excluding hydrogens is 310 g/mol. The molecule has 2 rings (SSSR count). The van der Waals surface area contributed by atoms with E-state index in [9.17, 15) is 13.2 Å². The minimum Gasteiger partial charge on any atom is -0.480 e. The summed E-state index contributed by atoms with van der Waals surface area (Å²) in [7, 11) is -3.86. The maximum Gasteiger partial charge on any atom is 0.322 e. The minimum absolute atomic E-state index is 0.0635. The SMILES string of the molecule is CSC[C@H](NS(=O)(=O)c1ccc2ccccc2c1)C(=O)O. The molecule has 112 valence electrons. The van der Waals surface area contributed by atoms with Crippen LogP contribution in [-0.4, -0.2) is 37.5 Å². The van der Waals surface area contributed by atoms with E-state index < -0.39 is 22.0 Å². The zero-order chi connectivity index (χ0) is 15.5. The lowest BCUT2D eigenvalue weighted by molar-refractivity contribution is -0.138. The highest BCUT2D eigenvalue weighted by molar-refractivity contribution is 7.98. The molecule has 2 N–H and O–H groups in total. The third-order valence-corrected chi connectivity index (χ3v) is 5.10. The fourth-order valence-electron chi connectivity index (χ4n) is 1.91. The zero-order valence-electron chi connectivity index (χ0n) is 11.3. The van der Waals surface area contributed by atoms with E-state index >= 15 is 0 Å². The predicted molar refractivity (Wildman–Crippen MR) is 84.1 cm³/mol. The van der Waals surface area contributed by atoms with E-state index in [-0.39, 0.29) is 10.6 Å². The third kappa shape index (κ3) is 3.75. The highest BCUT2D eigenvalue weighted by Gasteiger charge is 2.25. The zero-order valence-corrected chi connectivity index (χ0v) is 12.9. The van der Waals surface area contributed by atoms with Crippen molar-refractivity contribution >= 4 is 38.5 Å². The molecule has 0 heterocycles. The molecule has 2 aromatic carbocycles. The van der Waals surface area contributed by atoms with Gasteiger partial charge in [0.15, 0.2) is 0 Å². The normalized spacial score (nSPS) is 13.2. The van der Waals surface area contributed by atoms with Crippen LogP contribution in [0.5, 0.6) is 0 Å². The van der Waals surface area contributed by atoms with E-state index in [1.54, 1.807) is 12.3 Å². The van der Waals surface area contributed by atoms with Gasteiger partial charge in [0.05, 0.1) is 4.90 Å².